The Morgan fingerprint density at radius 3 is 2.78 bits per heavy atom. The van der Waals surface area contributed by atoms with Crippen molar-refractivity contribution < 1.29 is 4.21 Å². The molecule has 2 atom stereocenters. The maximum Gasteiger partial charge on any atom is 0.113 e. The second-order valence-electron chi connectivity index (χ2n) is 7.17. The highest BCUT2D eigenvalue weighted by Crippen LogP contribution is 2.34. The molecule has 0 radical (unpaired) electrons. The summed E-state index contributed by atoms with van der Waals surface area (Å²) in [4.78, 5) is 4.81. The van der Waals surface area contributed by atoms with Gasteiger partial charge in [-0.15, -0.1) is 0 Å². The molecule has 4 heteroatoms. The Bertz CT molecular complexity index is 886. The average Bonchev–Trinajstić information content (AvgIpc) is 2.91. The zero-order chi connectivity index (χ0) is 19.2. The molecule has 3 nitrogen and oxygen atoms in total. The van der Waals surface area contributed by atoms with Crippen molar-refractivity contribution in [2.75, 3.05) is 11.0 Å². The van der Waals surface area contributed by atoms with Gasteiger partial charge in [0.1, 0.15) is 11.0 Å². The molecule has 142 valence electrons. The molecule has 2 aromatic carbocycles. The fourth-order valence-electron chi connectivity index (χ4n) is 3.60. The molecule has 0 saturated carbocycles. The van der Waals surface area contributed by atoms with Crippen molar-refractivity contribution in [1.82, 2.24) is 0 Å². The summed E-state index contributed by atoms with van der Waals surface area (Å²) >= 11 is 0. The van der Waals surface area contributed by atoms with Gasteiger partial charge in [0.05, 0.1) is 0 Å². The SMILES string of the molecule is Cc1cccc(C(Cc2cccc(NS(C)=O)c2)C2=CCCCC=N2)c1C. The van der Waals surface area contributed by atoms with Crippen molar-refractivity contribution in [3.8, 4) is 0 Å². The Morgan fingerprint density at radius 2 is 1.96 bits per heavy atom. The third kappa shape index (κ3) is 5.16. The Kier molecular flexibility index (Phi) is 6.62. The van der Waals surface area contributed by atoms with Crippen LogP contribution in [0.1, 0.15) is 47.4 Å². The number of hydrogen-bond acceptors (Lipinski definition) is 2. The maximum absolute atomic E-state index is 11.5. The van der Waals surface area contributed by atoms with Crippen LogP contribution in [0.15, 0.2) is 59.2 Å². The molecule has 1 aliphatic rings. The van der Waals surface area contributed by atoms with Crippen molar-refractivity contribution >= 4 is 22.9 Å². The number of nitrogens with one attached hydrogen (secondary N) is 1. The molecule has 0 saturated heterocycles. The molecule has 0 fully saturated rings. The van der Waals surface area contributed by atoms with Crippen LogP contribution < -0.4 is 4.72 Å². The minimum atomic E-state index is -1.07. The Morgan fingerprint density at radius 1 is 1.15 bits per heavy atom. The van der Waals surface area contributed by atoms with Gasteiger partial charge in [-0.2, -0.15) is 0 Å². The highest BCUT2D eigenvalue weighted by molar-refractivity contribution is 7.85. The first-order chi connectivity index (χ1) is 13.0. The van der Waals surface area contributed by atoms with Crippen LogP contribution in [0, 0.1) is 13.8 Å². The summed E-state index contributed by atoms with van der Waals surface area (Å²) in [5, 5.41) is 0. The lowest BCUT2D eigenvalue weighted by molar-refractivity contribution is 0.690. The van der Waals surface area contributed by atoms with E-state index in [4.69, 9.17) is 4.99 Å². The second-order valence-corrected chi connectivity index (χ2v) is 8.29. The van der Waals surface area contributed by atoms with Crippen LogP contribution in [0.3, 0.4) is 0 Å². The van der Waals surface area contributed by atoms with E-state index in [0.717, 1.165) is 31.4 Å². The predicted octanol–water partition coefficient (Wildman–Crippen LogP) is 5.47. The second kappa shape index (κ2) is 9.14. The van der Waals surface area contributed by atoms with E-state index >= 15 is 0 Å². The quantitative estimate of drug-likeness (QED) is 0.709. The van der Waals surface area contributed by atoms with Gasteiger partial charge in [-0.05, 0) is 73.9 Å². The molecule has 3 rings (SSSR count). The van der Waals surface area contributed by atoms with Crippen LogP contribution >= 0.6 is 0 Å². The first-order valence-electron chi connectivity index (χ1n) is 9.52. The zero-order valence-corrected chi connectivity index (χ0v) is 17.2. The molecule has 1 N–H and O–H groups in total. The molecule has 27 heavy (non-hydrogen) atoms. The number of aryl methyl sites for hydroxylation is 1. The van der Waals surface area contributed by atoms with E-state index in [2.05, 4.69) is 61.2 Å². The van der Waals surface area contributed by atoms with Gasteiger partial charge in [0, 0.05) is 29.8 Å². The third-order valence-electron chi connectivity index (χ3n) is 5.14. The first kappa shape index (κ1) is 19.6. The number of aliphatic imine (C=N–C) groups is 1. The Balaban J connectivity index is 1.99. The minimum Gasteiger partial charge on any atom is -0.305 e. The largest absolute Gasteiger partial charge is 0.305 e. The highest BCUT2D eigenvalue weighted by Gasteiger charge is 2.20. The molecule has 0 bridgehead atoms. The fourth-order valence-corrected chi connectivity index (χ4v) is 4.06. The van der Waals surface area contributed by atoms with Crippen LogP contribution in [0.2, 0.25) is 0 Å². The minimum absolute atomic E-state index is 0.224. The van der Waals surface area contributed by atoms with E-state index in [9.17, 15) is 4.21 Å². The first-order valence-corrected chi connectivity index (χ1v) is 11.1. The number of allylic oxidation sites excluding steroid dienone is 2. The van der Waals surface area contributed by atoms with Gasteiger partial charge in [-0.1, -0.05) is 36.4 Å². The Labute approximate surface area is 165 Å². The monoisotopic (exact) mass is 380 g/mol. The molecule has 2 aromatic rings. The van der Waals surface area contributed by atoms with Gasteiger partial charge < -0.3 is 4.72 Å². The predicted molar refractivity (Wildman–Crippen MR) is 117 cm³/mol. The van der Waals surface area contributed by atoms with Crippen LogP contribution in [-0.2, 0) is 17.4 Å². The Hall–Kier alpha value is -2.20. The number of anilines is 1. The molecule has 1 heterocycles. The maximum atomic E-state index is 11.5. The molecule has 1 aliphatic heterocycles. The molecular formula is C23H28N2OS. The van der Waals surface area contributed by atoms with Crippen molar-refractivity contribution in [3.63, 3.8) is 0 Å². The smallest absolute Gasteiger partial charge is 0.113 e. The van der Waals surface area contributed by atoms with E-state index in [1.807, 2.05) is 12.1 Å². The summed E-state index contributed by atoms with van der Waals surface area (Å²) in [5.74, 6) is 0.224. The standard InChI is InChI=1S/C23H28N2OS/c1-17-9-7-12-21(18(17)2)22(23-13-5-4-6-14-24-23)16-19-10-8-11-20(15-19)25-27(3)26/h7-15,22,25H,4-6,16H2,1-3H3. The number of nitrogens with zero attached hydrogens (tertiary/aromatic N) is 1. The normalized spacial score (nSPS) is 16.3. The van der Waals surface area contributed by atoms with E-state index in [1.54, 1.807) is 6.26 Å². The molecule has 0 amide bonds. The molecule has 0 aromatic heterocycles. The lowest BCUT2D eigenvalue weighted by Gasteiger charge is -2.22. The van der Waals surface area contributed by atoms with E-state index in [1.165, 1.54) is 28.0 Å². The zero-order valence-electron chi connectivity index (χ0n) is 16.4. The average molecular weight is 381 g/mol. The lowest BCUT2D eigenvalue weighted by Crippen LogP contribution is -2.09. The molecule has 0 aliphatic carbocycles. The van der Waals surface area contributed by atoms with E-state index < -0.39 is 11.0 Å². The third-order valence-corrected chi connectivity index (χ3v) is 5.66. The van der Waals surface area contributed by atoms with E-state index in [0.29, 0.717) is 0 Å². The van der Waals surface area contributed by atoms with Crippen LogP contribution in [0.5, 0.6) is 0 Å². The van der Waals surface area contributed by atoms with Gasteiger partial charge in [-0.25, -0.2) is 4.21 Å². The van der Waals surface area contributed by atoms with Crippen molar-refractivity contribution in [2.24, 2.45) is 4.99 Å². The summed E-state index contributed by atoms with van der Waals surface area (Å²) in [6.07, 6.45) is 10.2. The molecule has 2 unspecified atom stereocenters. The van der Waals surface area contributed by atoms with Crippen LogP contribution in [0.25, 0.3) is 0 Å². The van der Waals surface area contributed by atoms with Gasteiger partial charge in [0.25, 0.3) is 0 Å². The van der Waals surface area contributed by atoms with Gasteiger partial charge in [-0.3, -0.25) is 4.99 Å². The number of hydrogen-bond donors (Lipinski definition) is 1. The number of benzene rings is 2. The summed E-state index contributed by atoms with van der Waals surface area (Å²) < 4.78 is 14.5. The topological polar surface area (TPSA) is 41.5 Å². The van der Waals surface area contributed by atoms with Gasteiger partial charge >= 0.3 is 0 Å². The van der Waals surface area contributed by atoms with E-state index in [-0.39, 0.29) is 5.92 Å². The van der Waals surface area contributed by atoms with Crippen LogP contribution in [-0.4, -0.2) is 16.7 Å². The van der Waals surface area contributed by atoms with Gasteiger partial charge in [0.15, 0.2) is 0 Å². The summed E-state index contributed by atoms with van der Waals surface area (Å²) in [7, 11) is -1.07. The molecule has 0 spiro atoms. The summed E-state index contributed by atoms with van der Waals surface area (Å²) in [6, 6.07) is 14.8. The fraction of sp³-hybridized carbons (Fsp3) is 0.348. The van der Waals surface area contributed by atoms with Crippen molar-refractivity contribution in [3.05, 3.63) is 76.5 Å². The summed E-state index contributed by atoms with van der Waals surface area (Å²) in [6.45, 7) is 4.37. The van der Waals surface area contributed by atoms with Crippen molar-refractivity contribution in [1.29, 1.82) is 0 Å². The lowest BCUT2D eigenvalue weighted by atomic mass is 9.85. The van der Waals surface area contributed by atoms with Crippen LogP contribution in [0.4, 0.5) is 5.69 Å². The highest BCUT2D eigenvalue weighted by atomic mass is 32.2. The van der Waals surface area contributed by atoms with Gasteiger partial charge in [0.2, 0.25) is 0 Å². The van der Waals surface area contributed by atoms with Crippen molar-refractivity contribution in [2.45, 2.75) is 45.4 Å². The number of rotatable bonds is 6. The molecular weight excluding hydrogens is 352 g/mol. The summed E-state index contributed by atoms with van der Waals surface area (Å²) in [5.41, 5.74) is 7.28.